The first-order valence-electron chi connectivity index (χ1n) is 7.90. The molecule has 7 nitrogen and oxygen atoms in total. The van der Waals surface area contributed by atoms with Gasteiger partial charge in [0.2, 0.25) is 0 Å². The Morgan fingerprint density at radius 3 is 2.84 bits per heavy atom. The van der Waals surface area contributed by atoms with Gasteiger partial charge in [0.15, 0.2) is 5.82 Å². The average molecular weight is 353 g/mol. The molecule has 4 heterocycles. The molecular weight excluding hydrogens is 338 g/mol. The molecule has 0 fully saturated rings. The fraction of sp³-hybridized carbons (Fsp3) is 0.235. The van der Waals surface area contributed by atoms with E-state index in [-0.39, 0.29) is 9.92 Å². The number of pyridine rings is 1. The highest BCUT2D eigenvalue weighted by Crippen LogP contribution is 2.27. The first kappa shape index (κ1) is 15.8. The summed E-state index contributed by atoms with van der Waals surface area (Å²) < 4.78 is 0. The number of fused-ring (bicyclic) bond motifs is 1. The summed E-state index contributed by atoms with van der Waals surface area (Å²) in [4.78, 5) is 26.9. The standard InChI is InChI=1S/C17H15N5O2S/c23-22(24)16-2-1-14(25-16)11-21-8-5-15-13(10-21)9-19-17(20-15)12-3-6-18-7-4-12/h1-4,6-7,9H,5,8,10-11H2. The minimum atomic E-state index is -0.339. The topological polar surface area (TPSA) is 85.0 Å². The molecule has 3 aromatic heterocycles. The first-order valence-corrected chi connectivity index (χ1v) is 8.71. The van der Waals surface area contributed by atoms with Crippen molar-refractivity contribution in [3.8, 4) is 11.4 Å². The molecule has 0 aliphatic carbocycles. The molecule has 0 amide bonds. The molecule has 1 aliphatic heterocycles. The molecule has 126 valence electrons. The van der Waals surface area contributed by atoms with Crippen LogP contribution in [0.1, 0.15) is 16.1 Å². The summed E-state index contributed by atoms with van der Waals surface area (Å²) in [6.45, 7) is 2.35. The number of nitrogens with zero attached hydrogens (tertiary/aromatic N) is 5. The molecule has 0 atom stereocenters. The van der Waals surface area contributed by atoms with Gasteiger partial charge < -0.3 is 0 Å². The Hall–Kier alpha value is -2.71. The SMILES string of the molecule is O=[N+]([O-])c1ccc(CN2CCc3nc(-c4ccncc4)ncc3C2)s1. The van der Waals surface area contributed by atoms with Crippen LogP contribution in [0.15, 0.2) is 42.9 Å². The lowest BCUT2D eigenvalue weighted by molar-refractivity contribution is -0.380. The Balaban J connectivity index is 1.49. The number of hydrogen-bond acceptors (Lipinski definition) is 7. The van der Waals surface area contributed by atoms with E-state index in [9.17, 15) is 10.1 Å². The minimum absolute atomic E-state index is 0.192. The summed E-state index contributed by atoms with van der Waals surface area (Å²) in [5, 5.41) is 11.0. The van der Waals surface area contributed by atoms with Crippen molar-refractivity contribution in [2.45, 2.75) is 19.5 Å². The zero-order chi connectivity index (χ0) is 17.2. The highest BCUT2D eigenvalue weighted by atomic mass is 32.1. The third-order valence-electron chi connectivity index (χ3n) is 4.16. The number of aromatic nitrogens is 3. The molecule has 0 bridgehead atoms. The Labute approximate surface area is 148 Å². The van der Waals surface area contributed by atoms with Crippen molar-refractivity contribution < 1.29 is 4.92 Å². The molecule has 0 spiro atoms. The zero-order valence-electron chi connectivity index (χ0n) is 13.3. The summed E-state index contributed by atoms with van der Waals surface area (Å²) in [5.74, 6) is 0.725. The molecule has 0 N–H and O–H groups in total. The Kier molecular flexibility index (Phi) is 4.21. The number of nitro groups is 1. The van der Waals surface area contributed by atoms with E-state index < -0.39 is 0 Å². The van der Waals surface area contributed by atoms with E-state index in [2.05, 4.69) is 14.9 Å². The van der Waals surface area contributed by atoms with E-state index in [1.165, 1.54) is 11.3 Å². The van der Waals surface area contributed by atoms with Crippen LogP contribution in [0.5, 0.6) is 0 Å². The molecule has 8 heteroatoms. The van der Waals surface area contributed by atoms with Crippen molar-refractivity contribution >= 4 is 16.3 Å². The van der Waals surface area contributed by atoms with Gasteiger partial charge in [-0.05, 0) is 18.2 Å². The summed E-state index contributed by atoms with van der Waals surface area (Å²) in [5.41, 5.74) is 3.16. The van der Waals surface area contributed by atoms with Gasteiger partial charge in [-0.2, -0.15) is 0 Å². The number of rotatable bonds is 4. The highest BCUT2D eigenvalue weighted by Gasteiger charge is 2.20. The summed E-state index contributed by atoms with van der Waals surface area (Å²) in [6, 6.07) is 7.21. The van der Waals surface area contributed by atoms with Crippen LogP contribution >= 0.6 is 11.3 Å². The lowest BCUT2D eigenvalue weighted by Crippen LogP contribution is -2.30. The van der Waals surface area contributed by atoms with Crippen LogP contribution in [-0.4, -0.2) is 31.3 Å². The molecule has 0 aromatic carbocycles. The van der Waals surface area contributed by atoms with E-state index in [0.717, 1.165) is 47.0 Å². The maximum atomic E-state index is 10.8. The van der Waals surface area contributed by atoms with Crippen molar-refractivity contribution in [2.75, 3.05) is 6.54 Å². The van der Waals surface area contributed by atoms with Crippen LogP contribution in [0.4, 0.5) is 5.00 Å². The largest absolute Gasteiger partial charge is 0.324 e. The average Bonchev–Trinajstić information content (AvgIpc) is 3.11. The predicted octanol–water partition coefficient (Wildman–Crippen LogP) is 3.07. The number of thiophene rings is 1. The maximum Gasteiger partial charge on any atom is 0.324 e. The van der Waals surface area contributed by atoms with Crippen LogP contribution < -0.4 is 0 Å². The first-order chi connectivity index (χ1) is 12.2. The van der Waals surface area contributed by atoms with E-state index in [4.69, 9.17) is 4.98 Å². The zero-order valence-corrected chi connectivity index (χ0v) is 14.1. The quantitative estimate of drug-likeness (QED) is 0.529. The van der Waals surface area contributed by atoms with Gasteiger partial charge in [-0.1, -0.05) is 11.3 Å². The molecular formula is C17H15N5O2S. The van der Waals surface area contributed by atoms with Crippen LogP contribution in [0, 0.1) is 10.1 Å². The molecule has 0 unspecified atom stereocenters. The van der Waals surface area contributed by atoms with Gasteiger partial charge in [-0.15, -0.1) is 0 Å². The van der Waals surface area contributed by atoms with Crippen molar-refractivity contribution in [1.82, 2.24) is 19.9 Å². The van der Waals surface area contributed by atoms with E-state index in [1.54, 1.807) is 18.5 Å². The third kappa shape index (κ3) is 3.40. The molecule has 0 saturated heterocycles. The van der Waals surface area contributed by atoms with Gasteiger partial charge in [0.05, 0.1) is 10.6 Å². The molecule has 25 heavy (non-hydrogen) atoms. The monoisotopic (exact) mass is 353 g/mol. The third-order valence-corrected chi connectivity index (χ3v) is 5.18. The maximum absolute atomic E-state index is 10.8. The second kappa shape index (κ2) is 6.66. The van der Waals surface area contributed by atoms with Crippen LogP contribution in [-0.2, 0) is 19.5 Å². The summed E-state index contributed by atoms with van der Waals surface area (Å²) >= 11 is 1.24. The van der Waals surface area contributed by atoms with Crippen molar-refractivity contribution in [3.05, 3.63) is 69.1 Å². The van der Waals surface area contributed by atoms with E-state index >= 15 is 0 Å². The second-order valence-electron chi connectivity index (χ2n) is 5.86. The molecule has 0 saturated carbocycles. The Bertz CT molecular complexity index is 912. The lowest BCUT2D eigenvalue weighted by atomic mass is 10.1. The highest BCUT2D eigenvalue weighted by molar-refractivity contribution is 7.15. The number of hydrogen-bond donors (Lipinski definition) is 0. The van der Waals surface area contributed by atoms with Gasteiger partial charge in [-0.25, -0.2) is 9.97 Å². The van der Waals surface area contributed by atoms with Crippen molar-refractivity contribution in [2.24, 2.45) is 0 Å². The Morgan fingerprint density at radius 1 is 1.24 bits per heavy atom. The molecule has 4 rings (SSSR count). The van der Waals surface area contributed by atoms with Gasteiger partial charge in [-0.3, -0.25) is 20.0 Å². The second-order valence-corrected chi connectivity index (χ2v) is 7.01. The van der Waals surface area contributed by atoms with Gasteiger partial charge in [0.25, 0.3) is 0 Å². The van der Waals surface area contributed by atoms with Crippen molar-refractivity contribution in [1.29, 1.82) is 0 Å². The van der Waals surface area contributed by atoms with Crippen molar-refractivity contribution in [3.63, 3.8) is 0 Å². The smallest absolute Gasteiger partial charge is 0.293 e. The molecule has 1 aliphatic rings. The molecule has 0 radical (unpaired) electrons. The fourth-order valence-corrected chi connectivity index (χ4v) is 3.78. The Morgan fingerprint density at radius 2 is 2.08 bits per heavy atom. The lowest BCUT2D eigenvalue weighted by Gasteiger charge is -2.27. The minimum Gasteiger partial charge on any atom is -0.293 e. The fourth-order valence-electron chi connectivity index (χ4n) is 2.92. The van der Waals surface area contributed by atoms with Crippen LogP contribution in [0.25, 0.3) is 11.4 Å². The summed E-state index contributed by atoms with van der Waals surface area (Å²) in [6.07, 6.45) is 6.21. The molecule has 3 aromatic rings. The van der Waals surface area contributed by atoms with Gasteiger partial charge in [0.1, 0.15) is 0 Å². The van der Waals surface area contributed by atoms with Crippen LogP contribution in [0.3, 0.4) is 0 Å². The van der Waals surface area contributed by atoms with E-state index in [1.807, 2.05) is 24.4 Å². The summed E-state index contributed by atoms with van der Waals surface area (Å²) in [7, 11) is 0. The predicted molar refractivity (Wildman–Crippen MR) is 94.1 cm³/mol. The van der Waals surface area contributed by atoms with Gasteiger partial charge in [0, 0.05) is 66.7 Å². The van der Waals surface area contributed by atoms with Gasteiger partial charge >= 0.3 is 5.00 Å². The normalized spacial score (nSPS) is 14.2. The van der Waals surface area contributed by atoms with Crippen LogP contribution in [0.2, 0.25) is 0 Å². The van der Waals surface area contributed by atoms with E-state index in [0.29, 0.717) is 6.54 Å².